The Morgan fingerprint density at radius 1 is 1.24 bits per heavy atom. The van der Waals surface area contributed by atoms with Crippen LogP contribution in [0.15, 0.2) is 0 Å². The number of aldehydes is 2. The van der Waals surface area contributed by atoms with E-state index in [0.717, 1.165) is 0 Å². The molecule has 7 nitrogen and oxygen atoms in total. The number of hydrogen-bond acceptors (Lipinski definition) is 6. The summed E-state index contributed by atoms with van der Waals surface area (Å²) in [5.41, 5.74) is -0.709. The third-order valence-electron chi connectivity index (χ3n) is 2.51. The molecule has 0 rings (SSSR count). The summed E-state index contributed by atoms with van der Waals surface area (Å²) in [6.45, 7) is 5.09. The highest BCUT2D eigenvalue weighted by molar-refractivity contribution is 5.78. The van der Waals surface area contributed by atoms with Crippen LogP contribution < -0.4 is 5.32 Å². The summed E-state index contributed by atoms with van der Waals surface area (Å²) in [7, 11) is 0. The normalized spacial score (nSPS) is 14.0. The summed E-state index contributed by atoms with van der Waals surface area (Å²) in [5.74, 6) is -1.65. The molecule has 0 radical (unpaired) electrons. The average molecular weight is 301 g/mol. The van der Waals surface area contributed by atoms with Gasteiger partial charge in [-0.15, -0.1) is 0 Å². The molecule has 1 unspecified atom stereocenters. The van der Waals surface area contributed by atoms with Gasteiger partial charge in [-0.05, 0) is 33.6 Å². The molecule has 0 fully saturated rings. The van der Waals surface area contributed by atoms with Crippen LogP contribution in [0.25, 0.3) is 0 Å². The second-order valence-corrected chi connectivity index (χ2v) is 5.67. The standard InChI is InChI=1S/C14H23NO6/c1-14(2,3)21-13(20)11(6-7-12(18)19)15-10(9-17)5-4-8-16/h8-11,15H,4-7H2,1-3H3,(H,18,19)/t10?,11-/m0/s1. The summed E-state index contributed by atoms with van der Waals surface area (Å²) in [4.78, 5) is 44.0. The molecule has 0 amide bonds. The molecule has 0 bridgehead atoms. The minimum atomic E-state index is -1.04. The van der Waals surface area contributed by atoms with Gasteiger partial charge in [0.2, 0.25) is 0 Å². The van der Waals surface area contributed by atoms with Crippen molar-refractivity contribution in [3.63, 3.8) is 0 Å². The third kappa shape index (κ3) is 9.73. The van der Waals surface area contributed by atoms with Gasteiger partial charge in [-0.1, -0.05) is 0 Å². The van der Waals surface area contributed by atoms with Crippen LogP contribution in [-0.2, 0) is 23.9 Å². The van der Waals surface area contributed by atoms with E-state index in [2.05, 4.69) is 5.32 Å². The lowest BCUT2D eigenvalue weighted by molar-refractivity contribution is -0.158. The fourth-order valence-electron chi connectivity index (χ4n) is 1.61. The molecule has 0 aliphatic heterocycles. The molecule has 0 spiro atoms. The van der Waals surface area contributed by atoms with E-state index in [-0.39, 0.29) is 25.7 Å². The third-order valence-corrected chi connectivity index (χ3v) is 2.51. The maximum atomic E-state index is 12.0. The van der Waals surface area contributed by atoms with Crippen molar-refractivity contribution in [1.82, 2.24) is 5.32 Å². The van der Waals surface area contributed by atoms with Gasteiger partial charge in [0.05, 0.1) is 6.04 Å². The number of carbonyl (C=O) groups excluding carboxylic acids is 3. The van der Waals surface area contributed by atoms with Gasteiger partial charge in [0.25, 0.3) is 0 Å². The maximum absolute atomic E-state index is 12.0. The van der Waals surface area contributed by atoms with Crippen molar-refractivity contribution in [2.75, 3.05) is 0 Å². The van der Waals surface area contributed by atoms with E-state index in [1.54, 1.807) is 20.8 Å². The van der Waals surface area contributed by atoms with Gasteiger partial charge in [-0.3, -0.25) is 14.9 Å². The van der Waals surface area contributed by atoms with Crippen LogP contribution in [-0.4, -0.2) is 47.3 Å². The quantitative estimate of drug-likeness (QED) is 0.451. The first-order valence-corrected chi connectivity index (χ1v) is 6.79. The lowest BCUT2D eigenvalue weighted by atomic mass is 10.1. The number of esters is 1. The Bertz CT molecular complexity index is 374. The molecule has 120 valence electrons. The van der Waals surface area contributed by atoms with Crippen molar-refractivity contribution < 1.29 is 29.0 Å². The zero-order valence-corrected chi connectivity index (χ0v) is 12.6. The van der Waals surface area contributed by atoms with E-state index in [0.29, 0.717) is 12.6 Å². The average Bonchev–Trinajstić information content (AvgIpc) is 2.35. The highest BCUT2D eigenvalue weighted by Gasteiger charge is 2.27. The molecular weight excluding hydrogens is 278 g/mol. The first kappa shape index (κ1) is 19.2. The topological polar surface area (TPSA) is 110 Å². The fourth-order valence-corrected chi connectivity index (χ4v) is 1.61. The Morgan fingerprint density at radius 3 is 2.29 bits per heavy atom. The van der Waals surface area contributed by atoms with Gasteiger partial charge in [0.1, 0.15) is 24.2 Å². The SMILES string of the molecule is CC(C)(C)OC(=O)[C@H](CCC(=O)O)NC(C=O)CCC=O. The molecule has 0 aromatic heterocycles. The van der Waals surface area contributed by atoms with Crippen LogP contribution in [0.2, 0.25) is 0 Å². The number of ether oxygens (including phenoxy) is 1. The van der Waals surface area contributed by atoms with Crippen molar-refractivity contribution in [3.05, 3.63) is 0 Å². The van der Waals surface area contributed by atoms with Crippen molar-refractivity contribution >= 4 is 24.5 Å². The number of carboxylic acids is 1. The molecule has 0 heterocycles. The van der Waals surface area contributed by atoms with E-state index in [4.69, 9.17) is 9.84 Å². The first-order chi connectivity index (χ1) is 9.69. The molecule has 0 saturated carbocycles. The number of carboxylic acid groups (broad SMARTS) is 1. The number of nitrogens with one attached hydrogen (secondary N) is 1. The fraction of sp³-hybridized carbons (Fsp3) is 0.714. The maximum Gasteiger partial charge on any atom is 0.323 e. The molecule has 0 aromatic carbocycles. The van der Waals surface area contributed by atoms with Crippen molar-refractivity contribution in [3.8, 4) is 0 Å². The van der Waals surface area contributed by atoms with Crippen LogP contribution in [0.1, 0.15) is 46.5 Å². The van der Waals surface area contributed by atoms with Crippen LogP contribution >= 0.6 is 0 Å². The number of rotatable bonds is 10. The summed E-state index contributed by atoms with van der Waals surface area (Å²) in [5, 5.41) is 11.5. The zero-order valence-electron chi connectivity index (χ0n) is 12.6. The molecule has 2 atom stereocenters. The zero-order chi connectivity index (χ0) is 16.5. The Balaban J connectivity index is 4.77. The predicted molar refractivity (Wildman–Crippen MR) is 74.8 cm³/mol. The highest BCUT2D eigenvalue weighted by Crippen LogP contribution is 2.11. The summed E-state index contributed by atoms with van der Waals surface area (Å²) < 4.78 is 5.20. The molecule has 0 aliphatic carbocycles. The molecule has 0 aliphatic rings. The lowest BCUT2D eigenvalue weighted by Crippen LogP contribution is -2.47. The van der Waals surface area contributed by atoms with Crippen LogP contribution in [0.3, 0.4) is 0 Å². The van der Waals surface area contributed by atoms with Crippen molar-refractivity contribution in [1.29, 1.82) is 0 Å². The number of aliphatic carboxylic acids is 1. The first-order valence-electron chi connectivity index (χ1n) is 6.79. The number of hydrogen-bond donors (Lipinski definition) is 2. The van der Waals surface area contributed by atoms with Gasteiger partial charge >= 0.3 is 11.9 Å². The van der Waals surface area contributed by atoms with Crippen LogP contribution in [0.5, 0.6) is 0 Å². The van der Waals surface area contributed by atoms with E-state index >= 15 is 0 Å². The smallest absolute Gasteiger partial charge is 0.323 e. The van der Waals surface area contributed by atoms with E-state index in [1.807, 2.05) is 0 Å². The molecule has 7 heteroatoms. The Kier molecular flexibility index (Phi) is 8.45. The molecule has 0 saturated heterocycles. The van der Waals surface area contributed by atoms with E-state index in [9.17, 15) is 19.2 Å². The van der Waals surface area contributed by atoms with Gasteiger partial charge in [0, 0.05) is 12.8 Å². The highest BCUT2D eigenvalue weighted by atomic mass is 16.6. The minimum absolute atomic E-state index is 0.00960. The summed E-state index contributed by atoms with van der Waals surface area (Å²) in [6, 6.07) is -1.59. The Hall–Kier alpha value is -1.76. The Morgan fingerprint density at radius 2 is 1.86 bits per heavy atom. The van der Waals surface area contributed by atoms with Crippen molar-refractivity contribution in [2.24, 2.45) is 0 Å². The summed E-state index contributed by atoms with van der Waals surface area (Å²) >= 11 is 0. The van der Waals surface area contributed by atoms with Crippen molar-refractivity contribution in [2.45, 2.75) is 64.1 Å². The second-order valence-electron chi connectivity index (χ2n) is 5.67. The molecule has 2 N–H and O–H groups in total. The number of carbonyl (C=O) groups is 4. The van der Waals surface area contributed by atoms with Crippen LogP contribution in [0.4, 0.5) is 0 Å². The van der Waals surface area contributed by atoms with E-state index in [1.165, 1.54) is 0 Å². The van der Waals surface area contributed by atoms with Gasteiger partial charge in [-0.25, -0.2) is 0 Å². The van der Waals surface area contributed by atoms with Gasteiger partial charge < -0.3 is 19.4 Å². The van der Waals surface area contributed by atoms with Gasteiger partial charge in [-0.2, -0.15) is 0 Å². The largest absolute Gasteiger partial charge is 0.481 e. The minimum Gasteiger partial charge on any atom is -0.481 e. The molecule has 21 heavy (non-hydrogen) atoms. The summed E-state index contributed by atoms with van der Waals surface area (Å²) in [6.07, 6.45) is 1.49. The Labute approximate surface area is 124 Å². The molecular formula is C14H23NO6. The monoisotopic (exact) mass is 301 g/mol. The lowest BCUT2D eigenvalue weighted by Gasteiger charge is -2.26. The second kappa shape index (κ2) is 9.23. The molecule has 0 aromatic rings. The van der Waals surface area contributed by atoms with Crippen LogP contribution in [0, 0.1) is 0 Å². The van der Waals surface area contributed by atoms with Gasteiger partial charge in [0.15, 0.2) is 0 Å². The van der Waals surface area contributed by atoms with E-state index < -0.39 is 29.6 Å². The predicted octanol–water partition coefficient (Wildman–Crippen LogP) is 0.698.